The molecule has 1 rings (SSSR count). The van der Waals surface area contributed by atoms with E-state index >= 15 is 0 Å². The summed E-state index contributed by atoms with van der Waals surface area (Å²) in [4.78, 5) is 5.86. The number of alkyl halides is 3. The monoisotopic (exact) mass is 206 g/mol. The van der Waals surface area contributed by atoms with Crippen LogP contribution in [0.25, 0.3) is 0 Å². The van der Waals surface area contributed by atoms with Crippen LogP contribution in [0.5, 0.6) is 6.01 Å². The Bertz CT molecular complexity index is 265. The molecule has 0 radical (unpaired) electrons. The van der Waals surface area contributed by atoms with Crippen molar-refractivity contribution in [2.24, 2.45) is 0 Å². The average molecular weight is 206 g/mol. The second kappa shape index (κ2) is 4.25. The Morgan fingerprint density at radius 2 is 1.92 bits per heavy atom. The molecule has 0 atom stereocenters. The molecule has 0 aliphatic heterocycles. The van der Waals surface area contributed by atoms with Crippen molar-refractivity contribution in [1.82, 2.24) is 9.97 Å². The first-order valence-corrected chi connectivity index (χ1v) is 2.59. The molecular weight excluding hydrogens is 201 g/mol. The first-order chi connectivity index (χ1) is 5.00. The Kier molecular flexibility index (Phi) is 4.22. The van der Waals surface area contributed by atoms with Crippen LogP contribution in [0.1, 0.15) is 5.69 Å². The van der Waals surface area contributed by atoms with Crippen LogP contribution >= 0.6 is 0 Å². The predicted molar refractivity (Wildman–Crippen MR) is 37.2 cm³/mol. The summed E-state index contributed by atoms with van der Waals surface area (Å²) < 4.78 is 35.3. The van der Waals surface area contributed by atoms with E-state index in [4.69, 9.17) is 5.11 Å². The topological polar surface area (TPSA) is 46.0 Å². The molecule has 0 unspecified atom stereocenters. The Balaban J connectivity index is 0.00000121. The predicted octanol–water partition coefficient (Wildman–Crippen LogP) is 0.285. The van der Waals surface area contributed by atoms with Crippen LogP contribution < -0.4 is 0 Å². The molecule has 0 spiro atoms. The number of hydrogen-bond acceptors (Lipinski definition) is 3. The molecular formula is C5H5CaF3N2O. The van der Waals surface area contributed by atoms with Crippen LogP contribution in [0.4, 0.5) is 13.2 Å². The summed E-state index contributed by atoms with van der Waals surface area (Å²) in [6.45, 7) is 0. The number of nitrogens with zero attached hydrogens (tertiary/aromatic N) is 2. The third-order valence-electron chi connectivity index (χ3n) is 0.933. The van der Waals surface area contributed by atoms with Gasteiger partial charge in [0.1, 0.15) is 0 Å². The number of aromatic hydroxyl groups is 1. The van der Waals surface area contributed by atoms with Crippen molar-refractivity contribution in [1.29, 1.82) is 0 Å². The van der Waals surface area contributed by atoms with Gasteiger partial charge in [0, 0.05) is 6.20 Å². The van der Waals surface area contributed by atoms with Gasteiger partial charge in [-0.3, -0.25) is 0 Å². The van der Waals surface area contributed by atoms with E-state index in [0.29, 0.717) is 6.07 Å². The zero-order chi connectivity index (χ0) is 8.48. The molecule has 1 heterocycles. The molecule has 0 saturated carbocycles. The molecule has 1 aromatic rings. The fourth-order valence-electron chi connectivity index (χ4n) is 0.506. The van der Waals surface area contributed by atoms with E-state index in [1.54, 1.807) is 0 Å². The second-order valence-electron chi connectivity index (χ2n) is 1.74. The van der Waals surface area contributed by atoms with Crippen LogP contribution in [0.3, 0.4) is 0 Å². The summed E-state index contributed by atoms with van der Waals surface area (Å²) in [6, 6.07) is -0.195. The van der Waals surface area contributed by atoms with Crippen molar-refractivity contribution in [3.8, 4) is 6.01 Å². The maximum absolute atomic E-state index is 11.8. The van der Waals surface area contributed by atoms with E-state index in [1.165, 1.54) is 0 Å². The van der Waals surface area contributed by atoms with E-state index in [2.05, 4.69) is 9.97 Å². The van der Waals surface area contributed by atoms with Crippen molar-refractivity contribution < 1.29 is 18.3 Å². The van der Waals surface area contributed by atoms with Crippen molar-refractivity contribution in [2.75, 3.05) is 0 Å². The van der Waals surface area contributed by atoms with Gasteiger partial charge in [-0.15, -0.1) is 0 Å². The van der Waals surface area contributed by atoms with Crippen molar-refractivity contribution in [3.05, 3.63) is 18.0 Å². The first-order valence-electron chi connectivity index (χ1n) is 2.59. The second-order valence-corrected chi connectivity index (χ2v) is 1.74. The molecule has 0 fully saturated rings. The maximum atomic E-state index is 11.8. The van der Waals surface area contributed by atoms with E-state index in [0.717, 1.165) is 6.20 Å². The van der Waals surface area contributed by atoms with Crippen LogP contribution in [0.2, 0.25) is 0 Å². The van der Waals surface area contributed by atoms with Gasteiger partial charge in [-0.2, -0.15) is 18.2 Å². The molecule has 0 bridgehead atoms. The molecule has 0 aliphatic rings. The molecule has 0 aliphatic carbocycles. The average Bonchev–Trinajstić information content (AvgIpc) is 1.86. The Morgan fingerprint density at radius 3 is 2.25 bits per heavy atom. The van der Waals surface area contributed by atoms with E-state index < -0.39 is 17.9 Å². The molecule has 0 amide bonds. The quantitative estimate of drug-likeness (QED) is 0.620. The fraction of sp³-hybridized carbons (Fsp3) is 0.200. The fourth-order valence-corrected chi connectivity index (χ4v) is 0.506. The molecule has 7 heteroatoms. The number of halogens is 3. The van der Waals surface area contributed by atoms with Crippen molar-refractivity contribution in [2.45, 2.75) is 6.18 Å². The third kappa shape index (κ3) is 3.12. The minimum atomic E-state index is -4.53. The van der Waals surface area contributed by atoms with E-state index in [9.17, 15) is 13.2 Å². The molecule has 12 heavy (non-hydrogen) atoms. The molecule has 0 aromatic carbocycles. The summed E-state index contributed by atoms with van der Waals surface area (Å²) in [5, 5.41) is 8.45. The number of aromatic nitrogens is 2. The van der Waals surface area contributed by atoms with Crippen molar-refractivity contribution >= 4 is 37.7 Å². The molecule has 64 valence electrons. The minimum absolute atomic E-state index is 0. The Labute approximate surface area is 95.6 Å². The van der Waals surface area contributed by atoms with Gasteiger partial charge < -0.3 is 5.11 Å². The van der Waals surface area contributed by atoms with Gasteiger partial charge in [0.05, 0.1) is 0 Å². The van der Waals surface area contributed by atoms with Gasteiger partial charge in [-0.25, -0.2) is 4.98 Å². The first kappa shape index (κ1) is 11.9. The molecule has 1 N–H and O–H groups in total. The normalized spacial score (nSPS) is 10.6. The van der Waals surface area contributed by atoms with Crippen LogP contribution in [0, 0.1) is 0 Å². The summed E-state index contributed by atoms with van der Waals surface area (Å²) in [5.74, 6) is 0. The van der Waals surface area contributed by atoms with Crippen LogP contribution in [-0.2, 0) is 6.18 Å². The summed E-state index contributed by atoms with van der Waals surface area (Å²) in [7, 11) is 0. The van der Waals surface area contributed by atoms with Gasteiger partial charge in [-0.1, -0.05) is 0 Å². The van der Waals surface area contributed by atoms with Gasteiger partial charge in [-0.05, 0) is 6.07 Å². The Hall–Kier alpha value is -0.0703. The standard InChI is InChI=1S/C5H3F3N2O.Ca.2H/c6-5(7,8)3-1-2-9-4(11)10-3;;;/h1-2H,(H,9,10,11);;;. The summed E-state index contributed by atoms with van der Waals surface area (Å²) in [5.41, 5.74) is -1.15. The molecule has 1 aromatic heterocycles. The number of hydrogen-bond donors (Lipinski definition) is 1. The molecule has 0 saturated heterocycles. The third-order valence-corrected chi connectivity index (χ3v) is 0.933. The van der Waals surface area contributed by atoms with Crippen LogP contribution in [-0.4, -0.2) is 52.8 Å². The van der Waals surface area contributed by atoms with Gasteiger partial charge in [0.15, 0.2) is 5.69 Å². The molecule has 3 nitrogen and oxygen atoms in total. The van der Waals surface area contributed by atoms with Gasteiger partial charge >= 0.3 is 49.9 Å². The van der Waals surface area contributed by atoms with E-state index in [1.807, 2.05) is 0 Å². The Morgan fingerprint density at radius 1 is 1.33 bits per heavy atom. The van der Waals surface area contributed by atoms with E-state index in [-0.39, 0.29) is 37.7 Å². The zero-order valence-electron chi connectivity index (χ0n) is 5.13. The summed E-state index contributed by atoms with van der Waals surface area (Å²) >= 11 is 0. The van der Waals surface area contributed by atoms with Gasteiger partial charge in [0.2, 0.25) is 0 Å². The summed E-state index contributed by atoms with van der Waals surface area (Å²) in [6.07, 6.45) is -3.69. The van der Waals surface area contributed by atoms with Gasteiger partial charge in [0.25, 0.3) is 0 Å². The van der Waals surface area contributed by atoms with Crippen molar-refractivity contribution in [3.63, 3.8) is 0 Å². The SMILES string of the molecule is Oc1nccc(C(F)(F)F)n1.[CaH2]. The zero-order valence-corrected chi connectivity index (χ0v) is 5.13. The van der Waals surface area contributed by atoms with Crippen LogP contribution in [0.15, 0.2) is 12.3 Å². The number of rotatable bonds is 0.